The molecule has 0 spiro atoms. The third-order valence-electron chi connectivity index (χ3n) is 1.61. The molecule has 15 heavy (non-hydrogen) atoms. The lowest BCUT2D eigenvalue weighted by Gasteiger charge is -2.25. The summed E-state index contributed by atoms with van der Waals surface area (Å²) in [5, 5.41) is 0. The summed E-state index contributed by atoms with van der Waals surface area (Å²) < 4.78 is 16.9. The second kappa shape index (κ2) is 7.82. The normalized spacial score (nSPS) is 12.3. The number of rotatable bonds is 8. The van der Waals surface area contributed by atoms with Crippen LogP contribution in [0.1, 0.15) is 27.7 Å². The molecule has 0 bridgehead atoms. The Kier molecular flexibility index (Phi) is 7.59. The molecule has 0 atom stereocenters. The summed E-state index contributed by atoms with van der Waals surface area (Å²) in [7, 11) is -2.60. The van der Waals surface area contributed by atoms with E-state index in [1.165, 1.54) is 0 Å². The molecule has 0 amide bonds. The van der Waals surface area contributed by atoms with Crippen molar-refractivity contribution in [1.82, 2.24) is 0 Å². The Balaban J connectivity index is 4.66. The molecule has 0 heterocycles. The van der Waals surface area contributed by atoms with E-state index in [0.717, 1.165) is 5.57 Å². The quantitative estimate of drug-likeness (QED) is 0.474. The van der Waals surface area contributed by atoms with Gasteiger partial charge < -0.3 is 13.3 Å². The van der Waals surface area contributed by atoms with Crippen LogP contribution in [0.15, 0.2) is 23.9 Å². The average Bonchev–Trinajstić information content (AvgIpc) is 2.16. The second-order valence-corrected chi connectivity index (χ2v) is 5.49. The highest BCUT2D eigenvalue weighted by atomic mass is 28.4. The SMILES string of the molecule is C=C(C)/C=C\[Si](OCC)(OCC)OCC. The molecule has 0 N–H and O–H groups in total. The van der Waals surface area contributed by atoms with Gasteiger partial charge in [-0.1, -0.05) is 18.2 Å². The van der Waals surface area contributed by atoms with Gasteiger partial charge in [-0.05, 0) is 33.4 Å². The van der Waals surface area contributed by atoms with E-state index in [9.17, 15) is 0 Å². The summed E-state index contributed by atoms with van der Waals surface area (Å²) in [6.45, 7) is 13.3. The van der Waals surface area contributed by atoms with Crippen LogP contribution in [-0.2, 0) is 13.3 Å². The summed E-state index contributed by atoms with van der Waals surface area (Å²) >= 11 is 0. The molecule has 88 valence electrons. The van der Waals surface area contributed by atoms with Crippen molar-refractivity contribution in [2.24, 2.45) is 0 Å². The predicted octanol–water partition coefficient (Wildman–Crippen LogP) is 2.71. The highest BCUT2D eigenvalue weighted by Crippen LogP contribution is 2.12. The monoisotopic (exact) mass is 230 g/mol. The van der Waals surface area contributed by atoms with Crippen LogP contribution in [0.2, 0.25) is 0 Å². The maximum absolute atomic E-state index is 5.63. The van der Waals surface area contributed by atoms with E-state index in [4.69, 9.17) is 13.3 Å². The zero-order valence-electron chi connectivity index (χ0n) is 10.2. The summed E-state index contributed by atoms with van der Waals surface area (Å²) in [6, 6.07) is 0. The predicted molar refractivity (Wildman–Crippen MR) is 64.6 cm³/mol. The van der Waals surface area contributed by atoms with Crippen LogP contribution in [0.3, 0.4) is 0 Å². The first-order valence-corrected chi connectivity index (χ1v) is 7.17. The molecule has 0 saturated carbocycles. The van der Waals surface area contributed by atoms with Crippen molar-refractivity contribution in [3.8, 4) is 0 Å². The van der Waals surface area contributed by atoms with Crippen LogP contribution in [0.25, 0.3) is 0 Å². The Morgan fingerprint density at radius 2 is 1.47 bits per heavy atom. The zero-order valence-corrected chi connectivity index (χ0v) is 11.2. The van der Waals surface area contributed by atoms with E-state index in [1.54, 1.807) is 0 Å². The Morgan fingerprint density at radius 1 is 1.07 bits per heavy atom. The molecule has 3 nitrogen and oxygen atoms in total. The summed E-state index contributed by atoms with van der Waals surface area (Å²) in [5.74, 6) is 0. The van der Waals surface area contributed by atoms with Crippen molar-refractivity contribution < 1.29 is 13.3 Å². The molecule has 0 aliphatic heterocycles. The Labute approximate surface area is 94.1 Å². The Bertz CT molecular complexity index is 197. The molecule has 0 rings (SSSR count). The lowest BCUT2D eigenvalue weighted by molar-refractivity contribution is 0.0842. The summed E-state index contributed by atoms with van der Waals surface area (Å²) in [4.78, 5) is 0. The van der Waals surface area contributed by atoms with Gasteiger partial charge in [0.25, 0.3) is 0 Å². The van der Waals surface area contributed by atoms with Crippen molar-refractivity contribution in [3.05, 3.63) is 23.9 Å². The molecule has 0 aromatic carbocycles. The first-order valence-electron chi connectivity index (χ1n) is 5.36. The van der Waals surface area contributed by atoms with E-state index in [1.807, 2.05) is 39.5 Å². The van der Waals surface area contributed by atoms with Crippen LogP contribution < -0.4 is 0 Å². The topological polar surface area (TPSA) is 27.7 Å². The van der Waals surface area contributed by atoms with Gasteiger partial charge in [-0.3, -0.25) is 0 Å². The maximum Gasteiger partial charge on any atom is 0.529 e. The molecule has 0 aliphatic rings. The molecule has 0 aliphatic carbocycles. The standard InChI is InChI=1S/C11H22O3Si/c1-6-12-15(13-7-2,14-8-3)10-9-11(4)5/h9-10H,4,6-8H2,1-3,5H3/b10-9-. The Morgan fingerprint density at radius 3 is 1.73 bits per heavy atom. The summed E-state index contributed by atoms with van der Waals surface area (Å²) in [6.07, 6.45) is 1.90. The minimum absolute atomic E-state index is 0.590. The fourth-order valence-corrected chi connectivity index (χ4v) is 3.35. The fraction of sp³-hybridized carbons (Fsp3) is 0.636. The van der Waals surface area contributed by atoms with Crippen LogP contribution in [0.5, 0.6) is 0 Å². The summed E-state index contributed by atoms with van der Waals surface area (Å²) in [5.41, 5.74) is 2.86. The van der Waals surface area contributed by atoms with Crippen molar-refractivity contribution in [2.75, 3.05) is 19.8 Å². The van der Waals surface area contributed by atoms with Gasteiger partial charge in [0.2, 0.25) is 0 Å². The highest BCUT2D eigenvalue weighted by Gasteiger charge is 2.37. The molecular formula is C11H22O3Si. The third kappa shape index (κ3) is 5.89. The van der Waals surface area contributed by atoms with Crippen LogP contribution >= 0.6 is 0 Å². The van der Waals surface area contributed by atoms with E-state index in [-0.39, 0.29) is 0 Å². The van der Waals surface area contributed by atoms with E-state index >= 15 is 0 Å². The molecular weight excluding hydrogens is 208 g/mol. The van der Waals surface area contributed by atoms with E-state index in [2.05, 4.69) is 6.58 Å². The highest BCUT2D eigenvalue weighted by molar-refractivity contribution is 6.66. The molecule has 0 saturated heterocycles. The molecule has 0 unspecified atom stereocenters. The van der Waals surface area contributed by atoms with Gasteiger partial charge in [-0.25, -0.2) is 0 Å². The molecule has 0 aromatic rings. The largest absolute Gasteiger partial charge is 0.529 e. The van der Waals surface area contributed by atoms with Gasteiger partial charge in [0.15, 0.2) is 0 Å². The van der Waals surface area contributed by atoms with Gasteiger partial charge in [0.1, 0.15) is 0 Å². The van der Waals surface area contributed by atoms with Crippen molar-refractivity contribution in [3.63, 3.8) is 0 Å². The van der Waals surface area contributed by atoms with Crippen molar-refractivity contribution in [2.45, 2.75) is 27.7 Å². The lowest BCUT2D eigenvalue weighted by atomic mass is 10.4. The minimum Gasteiger partial charge on any atom is -0.371 e. The lowest BCUT2D eigenvalue weighted by Crippen LogP contribution is -2.44. The molecule has 0 aromatic heterocycles. The van der Waals surface area contributed by atoms with Crippen molar-refractivity contribution in [1.29, 1.82) is 0 Å². The first-order chi connectivity index (χ1) is 7.10. The third-order valence-corrected chi connectivity index (χ3v) is 4.26. The molecule has 4 heteroatoms. The number of hydrogen-bond donors (Lipinski definition) is 0. The Hall–Kier alpha value is -0.423. The first kappa shape index (κ1) is 14.6. The van der Waals surface area contributed by atoms with E-state index in [0.29, 0.717) is 19.8 Å². The average molecular weight is 230 g/mol. The zero-order chi connectivity index (χ0) is 11.7. The van der Waals surface area contributed by atoms with Gasteiger partial charge in [-0.15, -0.1) is 0 Å². The van der Waals surface area contributed by atoms with Gasteiger partial charge in [-0.2, -0.15) is 0 Å². The van der Waals surface area contributed by atoms with Crippen LogP contribution in [-0.4, -0.2) is 28.6 Å². The molecule has 0 fully saturated rings. The van der Waals surface area contributed by atoms with Gasteiger partial charge in [0, 0.05) is 19.8 Å². The van der Waals surface area contributed by atoms with Crippen molar-refractivity contribution >= 4 is 8.80 Å². The maximum atomic E-state index is 5.63. The fourth-order valence-electron chi connectivity index (χ4n) is 1.12. The van der Waals surface area contributed by atoms with Gasteiger partial charge >= 0.3 is 8.80 Å². The van der Waals surface area contributed by atoms with Crippen LogP contribution in [0.4, 0.5) is 0 Å². The second-order valence-electron chi connectivity index (χ2n) is 3.08. The van der Waals surface area contributed by atoms with E-state index < -0.39 is 8.80 Å². The number of allylic oxidation sites excluding steroid dienone is 2. The number of hydrogen-bond acceptors (Lipinski definition) is 3. The van der Waals surface area contributed by atoms with Gasteiger partial charge in [0.05, 0.1) is 0 Å². The van der Waals surface area contributed by atoms with Crippen LogP contribution in [0, 0.1) is 0 Å². The smallest absolute Gasteiger partial charge is 0.371 e. The molecule has 0 radical (unpaired) electrons. The minimum atomic E-state index is -2.60.